The summed E-state index contributed by atoms with van der Waals surface area (Å²) in [5.74, 6) is 0.792. The quantitative estimate of drug-likeness (QED) is 0.759. The molecule has 2 rings (SSSR count). The molecule has 0 radical (unpaired) electrons. The van der Waals surface area contributed by atoms with Crippen molar-refractivity contribution >= 4 is 0 Å². The van der Waals surface area contributed by atoms with Crippen LogP contribution in [-0.4, -0.2) is 12.6 Å². The first-order valence-electron chi connectivity index (χ1n) is 8.07. The van der Waals surface area contributed by atoms with Crippen LogP contribution in [0.5, 0.6) is 0 Å². The van der Waals surface area contributed by atoms with Gasteiger partial charge in [0.2, 0.25) is 0 Å². The average molecular weight is 259 g/mol. The van der Waals surface area contributed by atoms with Gasteiger partial charge in [0.25, 0.3) is 0 Å². The van der Waals surface area contributed by atoms with Gasteiger partial charge in [-0.2, -0.15) is 0 Å². The first-order valence-corrected chi connectivity index (χ1v) is 8.07. The topological polar surface area (TPSA) is 12.0 Å². The Bertz CT molecular complexity index is 363. The molecule has 1 fully saturated rings. The number of likely N-dealkylation sites (N-methyl/N-ethyl adjacent to an activating group) is 1. The SMILES string of the molecule is CCNC(C(CC)CC)C1(c2ccccc2)CCC1. The third kappa shape index (κ3) is 2.72. The number of benzene rings is 1. The molecule has 0 amide bonds. The van der Waals surface area contributed by atoms with Gasteiger partial charge in [-0.3, -0.25) is 0 Å². The minimum Gasteiger partial charge on any atom is -0.313 e. The lowest BCUT2D eigenvalue weighted by Gasteiger charge is -2.51. The molecule has 0 spiro atoms. The fraction of sp³-hybridized carbons (Fsp3) is 0.667. The molecule has 0 aromatic heterocycles. The molecule has 1 heteroatoms. The van der Waals surface area contributed by atoms with Crippen molar-refractivity contribution in [2.75, 3.05) is 6.54 Å². The van der Waals surface area contributed by atoms with Gasteiger partial charge in [0.05, 0.1) is 0 Å². The van der Waals surface area contributed by atoms with E-state index in [4.69, 9.17) is 0 Å². The van der Waals surface area contributed by atoms with Crippen LogP contribution in [0.4, 0.5) is 0 Å². The maximum atomic E-state index is 3.83. The van der Waals surface area contributed by atoms with E-state index >= 15 is 0 Å². The summed E-state index contributed by atoms with van der Waals surface area (Å²) >= 11 is 0. The highest BCUT2D eigenvalue weighted by Crippen LogP contribution is 2.49. The van der Waals surface area contributed by atoms with Crippen molar-refractivity contribution in [2.45, 2.75) is 64.3 Å². The maximum absolute atomic E-state index is 3.83. The van der Waals surface area contributed by atoms with Gasteiger partial charge in [0.15, 0.2) is 0 Å². The Kier molecular flexibility index (Phi) is 5.04. The van der Waals surface area contributed by atoms with Crippen molar-refractivity contribution in [3.05, 3.63) is 35.9 Å². The second-order valence-corrected chi connectivity index (χ2v) is 5.99. The molecule has 0 bridgehead atoms. The second kappa shape index (κ2) is 6.56. The number of hydrogen-bond donors (Lipinski definition) is 1. The first kappa shape index (κ1) is 14.6. The summed E-state index contributed by atoms with van der Waals surface area (Å²) in [7, 11) is 0. The van der Waals surface area contributed by atoms with E-state index in [-0.39, 0.29) is 0 Å². The molecule has 106 valence electrons. The standard InChI is InChI=1S/C18H29N/c1-4-15(5-2)17(19-6-3)18(13-10-14-18)16-11-8-7-9-12-16/h7-9,11-12,15,17,19H,4-6,10,13-14H2,1-3H3. The zero-order valence-corrected chi connectivity index (χ0v) is 12.8. The minimum atomic E-state index is 0.397. The van der Waals surface area contributed by atoms with E-state index in [0.717, 1.165) is 12.5 Å². The van der Waals surface area contributed by atoms with Crippen LogP contribution in [0, 0.1) is 5.92 Å². The highest BCUT2D eigenvalue weighted by Gasteiger charge is 2.47. The molecule has 0 saturated heterocycles. The summed E-state index contributed by atoms with van der Waals surface area (Å²) in [5.41, 5.74) is 1.95. The second-order valence-electron chi connectivity index (χ2n) is 5.99. The van der Waals surface area contributed by atoms with Gasteiger partial charge < -0.3 is 5.32 Å². The monoisotopic (exact) mass is 259 g/mol. The molecule has 19 heavy (non-hydrogen) atoms. The number of rotatable bonds is 7. The average Bonchev–Trinajstić information content (AvgIpc) is 2.40. The molecule has 1 aliphatic rings. The van der Waals surface area contributed by atoms with Crippen molar-refractivity contribution in [3.8, 4) is 0 Å². The molecule has 1 unspecified atom stereocenters. The molecule has 0 aliphatic heterocycles. The molecule has 1 aliphatic carbocycles. The molecule has 0 heterocycles. The van der Waals surface area contributed by atoms with Crippen molar-refractivity contribution in [2.24, 2.45) is 5.92 Å². The predicted octanol–water partition coefficient (Wildman–Crippen LogP) is 4.52. The Labute approximate surface area is 118 Å². The van der Waals surface area contributed by atoms with Crippen LogP contribution >= 0.6 is 0 Å². The normalized spacial score (nSPS) is 19.2. The third-order valence-electron chi connectivity index (χ3n) is 5.13. The highest BCUT2D eigenvalue weighted by molar-refractivity contribution is 5.31. The van der Waals surface area contributed by atoms with Gasteiger partial charge in [-0.1, -0.05) is 70.4 Å². The van der Waals surface area contributed by atoms with Crippen LogP contribution in [-0.2, 0) is 5.41 Å². The van der Waals surface area contributed by atoms with Gasteiger partial charge >= 0.3 is 0 Å². The summed E-state index contributed by atoms with van der Waals surface area (Å²) in [5, 5.41) is 3.83. The molecular weight excluding hydrogens is 230 g/mol. The van der Waals surface area contributed by atoms with Gasteiger partial charge in [-0.15, -0.1) is 0 Å². The summed E-state index contributed by atoms with van der Waals surface area (Å²) in [4.78, 5) is 0. The van der Waals surface area contributed by atoms with E-state index < -0.39 is 0 Å². The van der Waals surface area contributed by atoms with E-state index in [2.05, 4.69) is 56.4 Å². The lowest BCUT2D eigenvalue weighted by molar-refractivity contribution is 0.121. The van der Waals surface area contributed by atoms with Gasteiger partial charge in [-0.05, 0) is 30.9 Å². The fourth-order valence-corrected chi connectivity index (χ4v) is 3.90. The Hall–Kier alpha value is -0.820. The third-order valence-corrected chi connectivity index (χ3v) is 5.13. The Morgan fingerprint density at radius 1 is 1.05 bits per heavy atom. The minimum absolute atomic E-state index is 0.397. The van der Waals surface area contributed by atoms with Crippen LogP contribution in [0.15, 0.2) is 30.3 Å². The number of hydrogen-bond acceptors (Lipinski definition) is 1. The first-order chi connectivity index (χ1) is 9.28. The zero-order chi connectivity index (χ0) is 13.7. The molecule has 1 nitrogen and oxygen atoms in total. The van der Waals surface area contributed by atoms with Crippen LogP contribution < -0.4 is 5.32 Å². The van der Waals surface area contributed by atoms with Crippen molar-refractivity contribution in [3.63, 3.8) is 0 Å². The Morgan fingerprint density at radius 3 is 2.11 bits per heavy atom. The molecule has 1 aromatic carbocycles. The molecule has 1 atom stereocenters. The van der Waals surface area contributed by atoms with Crippen molar-refractivity contribution in [1.82, 2.24) is 5.32 Å². The van der Waals surface area contributed by atoms with Crippen molar-refractivity contribution < 1.29 is 0 Å². The van der Waals surface area contributed by atoms with Crippen LogP contribution in [0.2, 0.25) is 0 Å². The lowest BCUT2D eigenvalue weighted by Crippen LogP contribution is -2.56. The summed E-state index contributed by atoms with van der Waals surface area (Å²) in [6.07, 6.45) is 6.65. The predicted molar refractivity (Wildman–Crippen MR) is 83.5 cm³/mol. The Morgan fingerprint density at radius 2 is 1.68 bits per heavy atom. The Balaban J connectivity index is 2.31. The van der Waals surface area contributed by atoms with E-state index in [1.54, 1.807) is 5.56 Å². The lowest BCUT2D eigenvalue weighted by atomic mass is 9.57. The maximum Gasteiger partial charge on any atom is 0.0192 e. The van der Waals surface area contributed by atoms with Gasteiger partial charge in [0.1, 0.15) is 0 Å². The highest BCUT2D eigenvalue weighted by atomic mass is 14.9. The van der Waals surface area contributed by atoms with Crippen LogP contribution in [0.25, 0.3) is 0 Å². The van der Waals surface area contributed by atoms with E-state index in [0.29, 0.717) is 11.5 Å². The van der Waals surface area contributed by atoms with Crippen LogP contribution in [0.3, 0.4) is 0 Å². The summed E-state index contributed by atoms with van der Waals surface area (Å²) in [6, 6.07) is 11.9. The van der Waals surface area contributed by atoms with Crippen LogP contribution in [0.1, 0.15) is 58.4 Å². The smallest absolute Gasteiger partial charge is 0.0192 e. The van der Waals surface area contributed by atoms with E-state index in [1.165, 1.54) is 32.1 Å². The largest absolute Gasteiger partial charge is 0.313 e. The van der Waals surface area contributed by atoms with Crippen molar-refractivity contribution in [1.29, 1.82) is 0 Å². The molecular formula is C18H29N. The summed E-state index contributed by atoms with van der Waals surface area (Å²) in [6.45, 7) is 8.01. The molecule has 1 saturated carbocycles. The number of nitrogens with one attached hydrogen (secondary N) is 1. The molecule has 1 aromatic rings. The van der Waals surface area contributed by atoms with Gasteiger partial charge in [0, 0.05) is 11.5 Å². The van der Waals surface area contributed by atoms with Gasteiger partial charge in [-0.25, -0.2) is 0 Å². The summed E-state index contributed by atoms with van der Waals surface area (Å²) < 4.78 is 0. The van der Waals surface area contributed by atoms with E-state index in [9.17, 15) is 0 Å². The van der Waals surface area contributed by atoms with E-state index in [1.807, 2.05) is 0 Å². The molecule has 1 N–H and O–H groups in total. The zero-order valence-electron chi connectivity index (χ0n) is 12.8. The fourth-order valence-electron chi connectivity index (χ4n) is 3.90.